The highest BCUT2D eigenvalue weighted by Gasteiger charge is 2.46. The van der Waals surface area contributed by atoms with Gasteiger partial charge in [0.2, 0.25) is 5.75 Å². The number of methoxy groups -OCH3 is 1. The highest BCUT2D eigenvalue weighted by molar-refractivity contribution is 7.92. The average molecular weight is 549 g/mol. The van der Waals surface area contributed by atoms with Crippen LogP contribution in [0.25, 0.3) is 0 Å². The van der Waals surface area contributed by atoms with Gasteiger partial charge in [-0.1, -0.05) is 0 Å². The molecule has 1 aliphatic carbocycles. The lowest BCUT2D eigenvalue weighted by Gasteiger charge is -2.39. The van der Waals surface area contributed by atoms with E-state index in [0.717, 1.165) is 18.9 Å². The Hall–Kier alpha value is -3.15. The van der Waals surface area contributed by atoms with Crippen LogP contribution in [0, 0.1) is 5.82 Å². The molecule has 2 aromatic rings. The van der Waals surface area contributed by atoms with E-state index >= 15 is 0 Å². The van der Waals surface area contributed by atoms with Crippen molar-refractivity contribution in [2.24, 2.45) is 0 Å². The van der Waals surface area contributed by atoms with Gasteiger partial charge < -0.3 is 24.4 Å². The van der Waals surface area contributed by atoms with Crippen LogP contribution in [0.3, 0.4) is 0 Å². The van der Waals surface area contributed by atoms with Crippen LogP contribution in [0.4, 0.5) is 20.7 Å². The van der Waals surface area contributed by atoms with E-state index in [0.29, 0.717) is 25.7 Å². The fourth-order valence-corrected chi connectivity index (χ4v) is 6.85. The molecule has 2 bridgehead atoms. The van der Waals surface area contributed by atoms with Crippen molar-refractivity contribution in [2.45, 2.75) is 93.2 Å². The second-order valence-electron chi connectivity index (χ2n) is 11.1. The van der Waals surface area contributed by atoms with Crippen molar-refractivity contribution in [1.82, 2.24) is 14.9 Å². The van der Waals surface area contributed by atoms with Crippen molar-refractivity contribution in [3.05, 3.63) is 30.3 Å². The molecule has 2 aliphatic heterocycles. The van der Waals surface area contributed by atoms with Crippen molar-refractivity contribution >= 4 is 27.4 Å². The number of nitrogens with zero attached hydrogens (tertiary/aromatic N) is 3. The molecule has 10 nitrogen and oxygen atoms in total. The summed E-state index contributed by atoms with van der Waals surface area (Å²) in [7, 11) is -2.07. The maximum Gasteiger partial charge on any atom is 0.410 e. The second kappa shape index (κ2) is 9.87. The quantitative estimate of drug-likeness (QED) is 0.529. The average Bonchev–Trinajstić information content (AvgIpc) is 3.65. The number of nitrogens with one attached hydrogen (secondary N) is 1. The Balaban J connectivity index is 1.30. The Kier molecular flexibility index (Phi) is 6.87. The number of ether oxygens (including phenoxy) is 3. The lowest BCUT2D eigenvalue weighted by molar-refractivity contribution is -0.00793. The number of hydrogen-bond donors (Lipinski definition) is 1. The third-order valence-electron chi connectivity index (χ3n) is 7.03. The minimum atomic E-state index is -3.51. The first-order valence-electron chi connectivity index (χ1n) is 12.8. The molecule has 3 heterocycles. The van der Waals surface area contributed by atoms with Gasteiger partial charge in [-0.2, -0.15) is 4.98 Å². The molecular formula is C26H33FN4O6S. The fraction of sp³-hybridized carbons (Fsp3) is 0.577. The van der Waals surface area contributed by atoms with Crippen molar-refractivity contribution in [1.29, 1.82) is 0 Å². The Labute approximate surface area is 221 Å². The molecule has 1 saturated carbocycles. The summed E-state index contributed by atoms with van der Waals surface area (Å²) in [5, 5.41) is 2.45. The fourth-order valence-electron chi connectivity index (χ4n) is 5.18. The molecule has 1 unspecified atom stereocenters. The zero-order valence-electron chi connectivity index (χ0n) is 21.9. The molecular weight excluding hydrogens is 515 g/mol. The van der Waals surface area contributed by atoms with E-state index in [-0.39, 0.29) is 52.3 Å². The highest BCUT2D eigenvalue weighted by atomic mass is 32.2. The number of sulfone groups is 1. The molecule has 2 saturated heterocycles. The number of halogens is 1. The topological polar surface area (TPSA) is 120 Å². The lowest BCUT2D eigenvalue weighted by atomic mass is 10.0. The van der Waals surface area contributed by atoms with Gasteiger partial charge in [-0.05, 0) is 64.7 Å². The largest absolute Gasteiger partial charge is 0.489 e. The third-order valence-corrected chi connectivity index (χ3v) is 9.29. The van der Waals surface area contributed by atoms with Gasteiger partial charge in [0.05, 0.1) is 22.9 Å². The number of amides is 1. The molecule has 3 aliphatic rings. The second-order valence-corrected chi connectivity index (χ2v) is 13.3. The van der Waals surface area contributed by atoms with E-state index in [2.05, 4.69) is 15.3 Å². The highest BCUT2D eigenvalue weighted by Crippen LogP contribution is 2.41. The monoisotopic (exact) mass is 548 g/mol. The minimum absolute atomic E-state index is 0.0126. The molecule has 1 N–H and O–H groups in total. The van der Waals surface area contributed by atoms with E-state index in [1.807, 2.05) is 25.7 Å². The summed E-state index contributed by atoms with van der Waals surface area (Å²) in [6.45, 7) is 5.56. The normalized spacial score (nSPS) is 23.2. The molecule has 1 amide bonds. The molecule has 38 heavy (non-hydrogen) atoms. The van der Waals surface area contributed by atoms with Crippen molar-refractivity contribution < 1.29 is 31.8 Å². The van der Waals surface area contributed by atoms with E-state index in [1.165, 1.54) is 25.6 Å². The molecule has 5 rings (SSSR count). The predicted molar refractivity (Wildman–Crippen MR) is 137 cm³/mol. The minimum Gasteiger partial charge on any atom is -0.489 e. The van der Waals surface area contributed by atoms with E-state index < -0.39 is 26.5 Å². The summed E-state index contributed by atoms with van der Waals surface area (Å²) in [6.07, 6.45) is 4.99. The Bertz CT molecular complexity index is 1310. The van der Waals surface area contributed by atoms with Crippen LogP contribution in [0.15, 0.2) is 29.4 Å². The predicted octanol–water partition coefficient (Wildman–Crippen LogP) is 4.61. The SMILES string of the molecule is COc1c(Nc2ccc(S(=O)(=O)C3CC3)cc2F)ncnc1O[C@H]1CC2CC[C@@H](C1)N2C(=O)OC(C)(C)C. The molecule has 0 radical (unpaired) electrons. The summed E-state index contributed by atoms with van der Waals surface area (Å²) in [6, 6.07) is 3.81. The standard InChI is InChI=1S/C26H33FN4O6S/c1-26(2,3)37-25(32)31-15-5-6-16(31)12-17(11-15)36-24-22(35-4)23(28-14-29-24)30-21-10-9-19(13-20(21)27)38(33,34)18-7-8-18/h9-10,13-18H,5-8,11-12H2,1-4H3,(H,28,29,30)/t15-,16?,17+/m0/s1. The van der Waals surface area contributed by atoms with Crippen LogP contribution in [-0.2, 0) is 14.6 Å². The number of piperidine rings is 1. The van der Waals surface area contributed by atoms with Gasteiger partial charge in [0, 0.05) is 24.9 Å². The van der Waals surface area contributed by atoms with E-state index in [4.69, 9.17) is 14.2 Å². The molecule has 3 atom stereocenters. The molecule has 3 fully saturated rings. The summed E-state index contributed by atoms with van der Waals surface area (Å²) in [5.74, 6) is -0.138. The van der Waals surface area contributed by atoms with Gasteiger partial charge in [-0.3, -0.25) is 0 Å². The number of anilines is 2. The van der Waals surface area contributed by atoms with E-state index in [9.17, 15) is 17.6 Å². The summed E-state index contributed by atoms with van der Waals surface area (Å²) < 4.78 is 57.1. The number of rotatable bonds is 7. The van der Waals surface area contributed by atoms with Crippen LogP contribution >= 0.6 is 0 Å². The maximum atomic E-state index is 14.9. The first-order chi connectivity index (χ1) is 18.0. The van der Waals surface area contributed by atoms with Gasteiger partial charge in [-0.15, -0.1) is 0 Å². The first-order valence-corrected chi connectivity index (χ1v) is 14.4. The van der Waals surface area contributed by atoms with Gasteiger partial charge in [0.1, 0.15) is 23.8 Å². The third kappa shape index (κ3) is 5.36. The molecule has 1 aromatic heterocycles. The summed E-state index contributed by atoms with van der Waals surface area (Å²) >= 11 is 0. The molecule has 0 spiro atoms. The smallest absolute Gasteiger partial charge is 0.410 e. The van der Waals surface area contributed by atoms with Crippen LogP contribution in [0.5, 0.6) is 11.6 Å². The first kappa shape index (κ1) is 26.5. The summed E-state index contributed by atoms with van der Waals surface area (Å²) in [5.41, 5.74) is -0.515. The number of aromatic nitrogens is 2. The van der Waals surface area contributed by atoms with E-state index in [1.54, 1.807) is 0 Å². The zero-order valence-corrected chi connectivity index (χ0v) is 22.8. The molecule has 1 aromatic carbocycles. The van der Waals surface area contributed by atoms with Crippen LogP contribution in [0.1, 0.15) is 59.3 Å². The van der Waals surface area contributed by atoms with Crippen molar-refractivity contribution in [3.8, 4) is 11.6 Å². The Morgan fingerprint density at radius 3 is 2.37 bits per heavy atom. The Morgan fingerprint density at radius 1 is 1.11 bits per heavy atom. The van der Waals surface area contributed by atoms with Gasteiger partial charge >= 0.3 is 6.09 Å². The van der Waals surface area contributed by atoms with Crippen molar-refractivity contribution in [2.75, 3.05) is 12.4 Å². The molecule has 206 valence electrons. The Morgan fingerprint density at radius 2 is 1.79 bits per heavy atom. The van der Waals surface area contributed by atoms with Gasteiger partial charge in [0.15, 0.2) is 15.7 Å². The number of hydrogen-bond acceptors (Lipinski definition) is 9. The van der Waals surface area contributed by atoms with Crippen LogP contribution in [-0.4, -0.2) is 65.5 Å². The van der Waals surface area contributed by atoms with Crippen molar-refractivity contribution in [3.63, 3.8) is 0 Å². The van der Waals surface area contributed by atoms with Crippen LogP contribution < -0.4 is 14.8 Å². The maximum absolute atomic E-state index is 14.9. The number of fused-ring (bicyclic) bond motifs is 2. The van der Waals surface area contributed by atoms with Gasteiger partial charge in [0.25, 0.3) is 5.88 Å². The van der Waals surface area contributed by atoms with Gasteiger partial charge in [-0.25, -0.2) is 22.6 Å². The number of carbonyl (C=O) groups is 1. The number of carbonyl (C=O) groups excluding carboxylic acids is 1. The zero-order chi connectivity index (χ0) is 27.2. The lowest BCUT2D eigenvalue weighted by Crippen LogP contribution is -2.50. The number of benzene rings is 1. The van der Waals surface area contributed by atoms with Crippen LogP contribution in [0.2, 0.25) is 0 Å². The molecule has 12 heteroatoms. The summed E-state index contributed by atoms with van der Waals surface area (Å²) in [4.78, 5) is 23.0.